The number of aromatic nitrogens is 1. The predicted molar refractivity (Wildman–Crippen MR) is 111 cm³/mol. The lowest BCUT2D eigenvalue weighted by Gasteiger charge is -2.29. The number of nitrogens with one attached hydrogen (secondary N) is 1. The molecule has 1 aromatic carbocycles. The molecule has 1 fully saturated rings. The first kappa shape index (κ1) is 24.0. The van der Waals surface area contributed by atoms with E-state index in [0.29, 0.717) is 31.2 Å². The standard InChI is InChI=1S/C21H24F3N3O4S/c1-27(2)32(29,30)18-10-3-14(4-11-18)20(28)26-16-6-8-17(9-7-16)31-19-12-5-15(13-25-19)21(22,23)24/h3-5,10-13,16-17H,6-9H2,1-2H3,(H,26,28). The first-order valence-corrected chi connectivity index (χ1v) is 11.4. The largest absolute Gasteiger partial charge is 0.474 e. The second kappa shape index (κ2) is 9.45. The Labute approximate surface area is 184 Å². The summed E-state index contributed by atoms with van der Waals surface area (Å²) in [7, 11) is -0.693. The molecule has 1 heterocycles. The first-order valence-electron chi connectivity index (χ1n) is 10.00. The average molecular weight is 472 g/mol. The van der Waals surface area contributed by atoms with E-state index in [4.69, 9.17) is 4.74 Å². The number of carbonyl (C=O) groups excluding carboxylic acids is 1. The van der Waals surface area contributed by atoms with Gasteiger partial charge in [0.05, 0.1) is 10.5 Å². The Hall–Kier alpha value is -2.66. The number of amides is 1. The second-order valence-corrected chi connectivity index (χ2v) is 9.91. The van der Waals surface area contributed by atoms with Gasteiger partial charge in [0.1, 0.15) is 6.10 Å². The number of benzene rings is 1. The second-order valence-electron chi connectivity index (χ2n) is 7.76. The van der Waals surface area contributed by atoms with Gasteiger partial charge in [0.15, 0.2) is 0 Å². The lowest BCUT2D eigenvalue weighted by atomic mass is 9.92. The van der Waals surface area contributed by atoms with Gasteiger partial charge < -0.3 is 10.1 Å². The number of alkyl halides is 3. The molecule has 0 bridgehead atoms. The molecule has 1 aliphatic rings. The Bertz CT molecular complexity index is 1030. The number of hydrogen-bond acceptors (Lipinski definition) is 5. The first-order chi connectivity index (χ1) is 15.0. The molecule has 1 aliphatic carbocycles. The molecule has 1 aromatic heterocycles. The van der Waals surface area contributed by atoms with E-state index in [1.807, 2.05) is 0 Å². The van der Waals surface area contributed by atoms with Gasteiger partial charge in [0.2, 0.25) is 15.9 Å². The fraction of sp³-hybridized carbons (Fsp3) is 0.429. The summed E-state index contributed by atoms with van der Waals surface area (Å²) in [6.07, 6.45) is -1.36. The maximum Gasteiger partial charge on any atom is 0.417 e. The lowest BCUT2D eigenvalue weighted by Crippen LogP contribution is -2.39. The van der Waals surface area contributed by atoms with Crippen LogP contribution in [0.5, 0.6) is 5.88 Å². The monoisotopic (exact) mass is 471 g/mol. The summed E-state index contributed by atoms with van der Waals surface area (Å²) in [4.78, 5) is 16.3. The number of sulfonamides is 1. The van der Waals surface area contributed by atoms with Crippen molar-refractivity contribution in [3.63, 3.8) is 0 Å². The third-order valence-corrected chi connectivity index (χ3v) is 7.08. The molecule has 1 N–H and O–H groups in total. The third-order valence-electron chi connectivity index (χ3n) is 5.26. The van der Waals surface area contributed by atoms with Crippen LogP contribution in [-0.2, 0) is 16.2 Å². The molecule has 2 aromatic rings. The van der Waals surface area contributed by atoms with E-state index < -0.39 is 21.8 Å². The topological polar surface area (TPSA) is 88.6 Å². The quantitative estimate of drug-likeness (QED) is 0.697. The van der Waals surface area contributed by atoms with Gasteiger partial charge in [-0.1, -0.05) is 0 Å². The van der Waals surface area contributed by atoms with Crippen molar-refractivity contribution in [2.45, 2.75) is 48.9 Å². The molecule has 0 radical (unpaired) electrons. The van der Waals surface area contributed by atoms with E-state index in [0.717, 1.165) is 16.6 Å². The van der Waals surface area contributed by atoms with Gasteiger partial charge in [-0.2, -0.15) is 13.2 Å². The van der Waals surface area contributed by atoms with Crippen LogP contribution in [0.2, 0.25) is 0 Å². The Morgan fingerprint density at radius 2 is 1.69 bits per heavy atom. The van der Waals surface area contributed by atoms with Crippen LogP contribution in [0.4, 0.5) is 13.2 Å². The van der Waals surface area contributed by atoms with Gasteiger partial charge in [0.25, 0.3) is 5.91 Å². The molecular weight excluding hydrogens is 447 g/mol. The summed E-state index contributed by atoms with van der Waals surface area (Å²) in [6, 6.07) is 7.79. The van der Waals surface area contributed by atoms with Crippen molar-refractivity contribution in [2.75, 3.05) is 14.1 Å². The zero-order valence-corrected chi connectivity index (χ0v) is 18.4. The highest BCUT2D eigenvalue weighted by Gasteiger charge is 2.31. The van der Waals surface area contributed by atoms with Gasteiger partial charge >= 0.3 is 6.18 Å². The summed E-state index contributed by atoms with van der Waals surface area (Å²) in [5.41, 5.74) is -0.473. The smallest absolute Gasteiger partial charge is 0.417 e. The van der Waals surface area contributed by atoms with Crippen LogP contribution in [-0.4, -0.2) is 49.9 Å². The van der Waals surface area contributed by atoms with Crippen LogP contribution in [0.1, 0.15) is 41.6 Å². The Balaban J connectivity index is 1.50. The van der Waals surface area contributed by atoms with Gasteiger partial charge in [0, 0.05) is 38.0 Å². The fourth-order valence-electron chi connectivity index (χ4n) is 3.37. The van der Waals surface area contributed by atoms with Crippen LogP contribution in [0.15, 0.2) is 47.5 Å². The lowest BCUT2D eigenvalue weighted by molar-refractivity contribution is -0.137. The van der Waals surface area contributed by atoms with Crippen molar-refractivity contribution < 1.29 is 31.1 Å². The van der Waals surface area contributed by atoms with Crippen LogP contribution in [0, 0.1) is 0 Å². The normalized spacial score (nSPS) is 19.6. The Morgan fingerprint density at radius 3 is 2.19 bits per heavy atom. The molecule has 0 saturated heterocycles. The average Bonchev–Trinajstić information content (AvgIpc) is 2.75. The van der Waals surface area contributed by atoms with Crippen LogP contribution >= 0.6 is 0 Å². The van der Waals surface area contributed by atoms with Crippen molar-refractivity contribution in [3.8, 4) is 5.88 Å². The summed E-state index contributed by atoms with van der Waals surface area (Å²) >= 11 is 0. The van der Waals surface area contributed by atoms with Crippen LogP contribution < -0.4 is 10.1 Å². The van der Waals surface area contributed by atoms with Crippen molar-refractivity contribution in [3.05, 3.63) is 53.7 Å². The third kappa shape index (κ3) is 5.77. The minimum absolute atomic E-state index is 0.0758. The van der Waals surface area contributed by atoms with Gasteiger partial charge in [-0.3, -0.25) is 4.79 Å². The van der Waals surface area contributed by atoms with E-state index in [1.54, 1.807) is 0 Å². The molecule has 0 unspecified atom stereocenters. The maximum absolute atomic E-state index is 12.6. The molecular formula is C21H24F3N3O4S. The van der Waals surface area contributed by atoms with Crippen LogP contribution in [0.3, 0.4) is 0 Å². The summed E-state index contributed by atoms with van der Waals surface area (Å²) < 4.78 is 68.8. The van der Waals surface area contributed by atoms with E-state index in [-0.39, 0.29) is 28.8 Å². The highest BCUT2D eigenvalue weighted by molar-refractivity contribution is 7.89. The van der Waals surface area contributed by atoms with Crippen LogP contribution in [0.25, 0.3) is 0 Å². The van der Waals surface area contributed by atoms with Gasteiger partial charge in [-0.15, -0.1) is 0 Å². The molecule has 0 atom stereocenters. The zero-order chi connectivity index (χ0) is 23.5. The van der Waals surface area contributed by atoms with Gasteiger partial charge in [-0.05, 0) is 56.0 Å². The van der Waals surface area contributed by atoms with E-state index in [1.165, 1.54) is 44.4 Å². The summed E-state index contributed by atoms with van der Waals surface area (Å²) in [5.74, 6) is -0.161. The summed E-state index contributed by atoms with van der Waals surface area (Å²) in [6.45, 7) is 0. The maximum atomic E-state index is 12.6. The van der Waals surface area contributed by atoms with E-state index >= 15 is 0 Å². The van der Waals surface area contributed by atoms with E-state index in [9.17, 15) is 26.4 Å². The number of nitrogens with zero attached hydrogens (tertiary/aromatic N) is 2. The summed E-state index contributed by atoms with van der Waals surface area (Å²) in [5, 5.41) is 2.93. The molecule has 1 amide bonds. The number of halogens is 3. The highest BCUT2D eigenvalue weighted by Crippen LogP contribution is 2.30. The number of rotatable bonds is 6. The SMILES string of the molecule is CN(C)S(=O)(=O)c1ccc(C(=O)NC2CCC(Oc3ccc(C(F)(F)F)cn3)CC2)cc1. The molecule has 0 spiro atoms. The number of ether oxygens (including phenoxy) is 1. The molecule has 11 heteroatoms. The minimum Gasteiger partial charge on any atom is -0.474 e. The molecule has 1 saturated carbocycles. The zero-order valence-electron chi connectivity index (χ0n) is 17.6. The molecule has 32 heavy (non-hydrogen) atoms. The molecule has 7 nitrogen and oxygen atoms in total. The highest BCUT2D eigenvalue weighted by atomic mass is 32.2. The van der Waals surface area contributed by atoms with Crippen molar-refractivity contribution >= 4 is 15.9 Å². The molecule has 3 rings (SSSR count). The number of carbonyl (C=O) groups is 1. The fourth-order valence-corrected chi connectivity index (χ4v) is 4.27. The van der Waals surface area contributed by atoms with Crippen molar-refractivity contribution in [1.82, 2.24) is 14.6 Å². The van der Waals surface area contributed by atoms with Gasteiger partial charge in [-0.25, -0.2) is 17.7 Å². The molecule has 0 aliphatic heterocycles. The Kier molecular flexibility index (Phi) is 7.09. The minimum atomic E-state index is -4.44. The number of hydrogen-bond donors (Lipinski definition) is 1. The molecule has 174 valence electrons. The Morgan fingerprint density at radius 1 is 1.06 bits per heavy atom. The predicted octanol–water partition coefficient (Wildman–Crippen LogP) is 3.47. The van der Waals surface area contributed by atoms with Crippen molar-refractivity contribution in [2.24, 2.45) is 0 Å². The number of pyridine rings is 1. The van der Waals surface area contributed by atoms with E-state index in [2.05, 4.69) is 10.3 Å². The van der Waals surface area contributed by atoms with Crippen molar-refractivity contribution in [1.29, 1.82) is 0 Å².